The summed E-state index contributed by atoms with van der Waals surface area (Å²) in [6, 6.07) is 6.72. The predicted octanol–water partition coefficient (Wildman–Crippen LogP) is 3.64. The van der Waals surface area contributed by atoms with Gasteiger partial charge in [-0.2, -0.15) is 11.8 Å². The molecule has 0 spiro atoms. The summed E-state index contributed by atoms with van der Waals surface area (Å²) < 4.78 is 11.3. The molecule has 1 atom stereocenters. The minimum atomic E-state index is 0.391. The minimum absolute atomic E-state index is 0.391. The third kappa shape index (κ3) is 4.32. The van der Waals surface area contributed by atoms with Crippen LogP contribution in [0.1, 0.15) is 38.3 Å². The van der Waals surface area contributed by atoms with Gasteiger partial charge in [-0.3, -0.25) is 0 Å². The van der Waals surface area contributed by atoms with Crippen molar-refractivity contribution in [3.8, 4) is 11.5 Å². The highest BCUT2D eigenvalue weighted by Gasteiger charge is 2.16. The van der Waals surface area contributed by atoms with E-state index in [9.17, 15) is 0 Å². The molecule has 1 N–H and O–H groups in total. The second-order valence-corrected chi connectivity index (χ2v) is 6.13. The normalized spacial score (nSPS) is 15.1. The number of hydrogen-bond donors (Lipinski definition) is 1. The van der Waals surface area contributed by atoms with Gasteiger partial charge in [0.15, 0.2) is 11.5 Å². The Morgan fingerprint density at radius 2 is 1.95 bits per heavy atom. The minimum Gasteiger partial charge on any atom is -0.486 e. The molecule has 3 nitrogen and oxygen atoms in total. The Bertz CT molecular complexity index is 411. The van der Waals surface area contributed by atoms with E-state index in [1.807, 2.05) is 17.8 Å². The molecule has 0 saturated carbocycles. The number of ether oxygens (including phenoxy) is 2. The first-order valence-electron chi connectivity index (χ1n) is 7.55. The molecule has 1 heterocycles. The molecule has 1 aromatic rings. The van der Waals surface area contributed by atoms with Crippen molar-refractivity contribution in [1.29, 1.82) is 0 Å². The first-order chi connectivity index (χ1) is 9.85. The van der Waals surface area contributed by atoms with E-state index in [0.29, 0.717) is 19.3 Å². The van der Waals surface area contributed by atoms with Crippen molar-refractivity contribution in [3.05, 3.63) is 23.8 Å². The van der Waals surface area contributed by atoms with Crippen LogP contribution in [0.5, 0.6) is 11.5 Å². The summed E-state index contributed by atoms with van der Waals surface area (Å²) in [5.74, 6) is 4.08. The Balaban J connectivity index is 2.06. The zero-order valence-electron chi connectivity index (χ0n) is 12.5. The summed E-state index contributed by atoms with van der Waals surface area (Å²) in [6.07, 6.45) is 2.38. The largest absolute Gasteiger partial charge is 0.486 e. The Morgan fingerprint density at radius 3 is 2.70 bits per heavy atom. The molecule has 20 heavy (non-hydrogen) atoms. The van der Waals surface area contributed by atoms with Crippen LogP contribution in [0.2, 0.25) is 0 Å². The van der Waals surface area contributed by atoms with Gasteiger partial charge in [-0.1, -0.05) is 19.9 Å². The van der Waals surface area contributed by atoms with Crippen LogP contribution in [0, 0.1) is 0 Å². The highest BCUT2D eigenvalue weighted by Crippen LogP contribution is 2.33. The molecule has 1 unspecified atom stereocenters. The lowest BCUT2D eigenvalue weighted by atomic mass is 10.1. The fourth-order valence-electron chi connectivity index (χ4n) is 2.21. The van der Waals surface area contributed by atoms with Gasteiger partial charge in [0.2, 0.25) is 0 Å². The average molecular weight is 295 g/mol. The van der Waals surface area contributed by atoms with Crippen LogP contribution in [0.15, 0.2) is 18.2 Å². The van der Waals surface area contributed by atoms with E-state index in [2.05, 4.69) is 31.3 Å². The number of thioether (sulfide) groups is 1. The molecule has 0 aromatic heterocycles. The topological polar surface area (TPSA) is 30.5 Å². The van der Waals surface area contributed by atoms with Crippen molar-refractivity contribution in [2.75, 3.05) is 31.3 Å². The lowest BCUT2D eigenvalue weighted by Crippen LogP contribution is -2.24. The number of rotatable bonds is 8. The van der Waals surface area contributed by atoms with Crippen LogP contribution in [0.3, 0.4) is 0 Å². The number of benzene rings is 1. The van der Waals surface area contributed by atoms with Crippen molar-refractivity contribution in [1.82, 2.24) is 5.32 Å². The third-order valence-corrected chi connectivity index (χ3v) is 4.51. The molecule has 0 amide bonds. The second kappa shape index (κ2) is 8.42. The van der Waals surface area contributed by atoms with Gasteiger partial charge in [0.1, 0.15) is 13.2 Å². The van der Waals surface area contributed by atoms with E-state index in [-0.39, 0.29) is 0 Å². The van der Waals surface area contributed by atoms with Crippen molar-refractivity contribution in [2.45, 2.75) is 32.7 Å². The Morgan fingerprint density at radius 1 is 1.15 bits per heavy atom. The Kier molecular flexibility index (Phi) is 6.54. The fraction of sp³-hybridized carbons (Fsp3) is 0.625. The summed E-state index contributed by atoms with van der Waals surface area (Å²) in [6.45, 7) is 6.77. The molecular formula is C16H25NO2S. The van der Waals surface area contributed by atoms with Crippen LogP contribution >= 0.6 is 11.8 Å². The number of fused-ring (bicyclic) bond motifs is 1. The van der Waals surface area contributed by atoms with E-state index in [1.165, 1.54) is 17.7 Å². The van der Waals surface area contributed by atoms with Crippen LogP contribution in [-0.4, -0.2) is 31.3 Å². The smallest absolute Gasteiger partial charge is 0.161 e. The SMILES string of the molecule is CCCNC(CSCCC)c1ccc2c(c1)OCCO2. The average Bonchev–Trinajstić information content (AvgIpc) is 2.50. The summed E-state index contributed by atoms with van der Waals surface area (Å²) in [7, 11) is 0. The van der Waals surface area contributed by atoms with Gasteiger partial charge < -0.3 is 14.8 Å². The maximum absolute atomic E-state index is 5.68. The van der Waals surface area contributed by atoms with Gasteiger partial charge in [-0.25, -0.2) is 0 Å². The quantitative estimate of drug-likeness (QED) is 0.742. The highest BCUT2D eigenvalue weighted by molar-refractivity contribution is 7.99. The summed E-state index contributed by atoms with van der Waals surface area (Å²) in [4.78, 5) is 0. The van der Waals surface area contributed by atoms with Gasteiger partial charge in [-0.05, 0) is 42.8 Å². The Labute approximate surface area is 126 Å². The van der Waals surface area contributed by atoms with Crippen LogP contribution < -0.4 is 14.8 Å². The number of nitrogens with one attached hydrogen (secondary N) is 1. The van der Waals surface area contributed by atoms with Crippen molar-refractivity contribution >= 4 is 11.8 Å². The Hall–Kier alpha value is -0.870. The molecule has 0 bridgehead atoms. The van der Waals surface area contributed by atoms with E-state index >= 15 is 0 Å². The van der Waals surface area contributed by atoms with Crippen molar-refractivity contribution in [2.24, 2.45) is 0 Å². The lowest BCUT2D eigenvalue weighted by Gasteiger charge is -2.23. The van der Waals surface area contributed by atoms with Gasteiger partial charge >= 0.3 is 0 Å². The molecule has 1 aliphatic rings. The zero-order chi connectivity index (χ0) is 14.2. The van der Waals surface area contributed by atoms with Crippen molar-refractivity contribution in [3.63, 3.8) is 0 Å². The van der Waals surface area contributed by atoms with E-state index in [0.717, 1.165) is 30.2 Å². The highest BCUT2D eigenvalue weighted by atomic mass is 32.2. The molecule has 1 aliphatic heterocycles. The van der Waals surface area contributed by atoms with E-state index in [4.69, 9.17) is 9.47 Å². The van der Waals surface area contributed by atoms with Gasteiger partial charge in [0.25, 0.3) is 0 Å². The summed E-state index contributed by atoms with van der Waals surface area (Å²) in [5.41, 5.74) is 1.30. The lowest BCUT2D eigenvalue weighted by molar-refractivity contribution is 0.171. The van der Waals surface area contributed by atoms with Gasteiger partial charge in [0.05, 0.1) is 0 Å². The van der Waals surface area contributed by atoms with Gasteiger partial charge in [0, 0.05) is 11.8 Å². The molecular weight excluding hydrogens is 270 g/mol. The third-order valence-electron chi connectivity index (χ3n) is 3.24. The molecule has 0 aliphatic carbocycles. The molecule has 112 valence electrons. The first kappa shape index (κ1) is 15.5. The second-order valence-electron chi connectivity index (χ2n) is 4.98. The summed E-state index contributed by atoms with van der Waals surface area (Å²) in [5, 5.41) is 3.63. The molecule has 2 rings (SSSR count). The fourth-order valence-corrected chi connectivity index (χ4v) is 3.22. The summed E-state index contributed by atoms with van der Waals surface area (Å²) >= 11 is 2.01. The van der Waals surface area contributed by atoms with Crippen LogP contribution in [-0.2, 0) is 0 Å². The zero-order valence-corrected chi connectivity index (χ0v) is 13.3. The van der Waals surface area contributed by atoms with E-state index < -0.39 is 0 Å². The molecule has 0 saturated heterocycles. The van der Waals surface area contributed by atoms with Crippen molar-refractivity contribution < 1.29 is 9.47 Å². The monoisotopic (exact) mass is 295 g/mol. The standard InChI is InChI=1S/C16H25NO2S/c1-3-7-17-14(12-20-10-4-2)13-5-6-15-16(11-13)19-9-8-18-15/h5-6,11,14,17H,3-4,7-10,12H2,1-2H3. The maximum Gasteiger partial charge on any atom is 0.161 e. The molecule has 0 radical (unpaired) electrons. The van der Waals surface area contributed by atoms with E-state index in [1.54, 1.807) is 0 Å². The van der Waals surface area contributed by atoms with Gasteiger partial charge in [-0.15, -0.1) is 0 Å². The molecule has 0 fully saturated rings. The molecule has 4 heteroatoms. The maximum atomic E-state index is 5.68. The molecule has 1 aromatic carbocycles. The number of hydrogen-bond acceptors (Lipinski definition) is 4. The predicted molar refractivity (Wildman–Crippen MR) is 86.1 cm³/mol. The van der Waals surface area contributed by atoms with Crippen LogP contribution in [0.25, 0.3) is 0 Å². The van der Waals surface area contributed by atoms with Crippen LogP contribution in [0.4, 0.5) is 0 Å². The first-order valence-corrected chi connectivity index (χ1v) is 8.71.